The Hall–Kier alpha value is -1.88. The molecule has 2 aliphatic rings. The number of carbonyl (C=O) groups is 2. The molecule has 2 fully saturated rings. The largest absolute Gasteiger partial charge is 0.341 e. The van der Waals surface area contributed by atoms with Crippen LogP contribution in [0.25, 0.3) is 0 Å². The fourth-order valence-corrected chi connectivity index (χ4v) is 4.25. The Balaban J connectivity index is 1.81. The van der Waals surface area contributed by atoms with Crippen LogP contribution in [-0.4, -0.2) is 35.0 Å². The van der Waals surface area contributed by atoms with E-state index in [2.05, 4.69) is 0 Å². The first kappa shape index (κ1) is 17.0. The van der Waals surface area contributed by atoms with Gasteiger partial charge in [-0.2, -0.15) is 0 Å². The van der Waals surface area contributed by atoms with Crippen LogP contribution in [-0.2, 0) is 15.0 Å². The zero-order chi connectivity index (χ0) is 17.4. The Morgan fingerprint density at radius 2 is 1.83 bits per heavy atom. The molecule has 0 spiro atoms. The molecular weight excluding hydrogens is 304 g/mol. The lowest BCUT2D eigenvalue weighted by atomic mass is 9.80. The lowest BCUT2D eigenvalue weighted by Gasteiger charge is -2.32. The third-order valence-electron chi connectivity index (χ3n) is 5.97. The molecule has 1 aliphatic carbocycles. The predicted molar refractivity (Wildman–Crippen MR) is 90.6 cm³/mol. The molecular formula is C19H26N2O3. The molecule has 3 rings (SSSR count). The summed E-state index contributed by atoms with van der Waals surface area (Å²) in [5.41, 5.74) is 2.87. The molecule has 0 radical (unpaired) electrons. The summed E-state index contributed by atoms with van der Waals surface area (Å²) < 4.78 is 0. The summed E-state index contributed by atoms with van der Waals surface area (Å²) in [7, 11) is 0. The van der Waals surface area contributed by atoms with Crippen LogP contribution in [0, 0.1) is 12.3 Å². The summed E-state index contributed by atoms with van der Waals surface area (Å²) in [5, 5.41) is 9.10. The molecule has 24 heavy (non-hydrogen) atoms. The van der Waals surface area contributed by atoms with Crippen molar-refractivity contribution in [1.82, 2.24) is 10.4 Å². The molecule has 5 nitrogen and oxygen atoms in total. The Morgan fingerprint density at radius 3 is 2.42 bits per heavy atom. The number of hydroxylamine groups is 1. The van der Waals surface area contributed by atoms with Crippen molar-refractivity contribution in [3.63, 3.8) is 0 Å². The Kier molecular flexibility index (Phi) is 4.38. The van der Waals surface area contributed by atoms with E-state index in [0.29, 0.717) is 13.1 Å². The van der Waals surface area contributed by atoms with Crippen molar-refractivity contribution in [3.05, 3.63) is 35.4 Å². The second-order valence-electron chi connectivity index (χ2n) is 7.60. The van der Waals surface area contributed by atoms with Gasteiger partial charge in [-0.1, -0.05) is 42.7 Å². The molecule has 1 unspecified atom stereocenters. The van der Waals surface area contributed by atoms with Crippen LogP contribution in [0.4, 0.5) is 0 Å². The lowest BCUT2D eigenvalue weighted by molar-refractivity contribution is -0.143. The molecule has 1 aromatic carbocycles. The maximum absolute atomic E-state index is 13.1. The molecule has 1 aromatic rings. The van der Waals surface area contributed by atoms with E-state index in [1.54, 1.807) is 0 Å². The topological polar surface area (TPSA) is 69.6 Å². The van der Waals surface area contributed by atoms with E-state index in [-0.39, 0.29) is 11.8 Å². The van der Waals surface area contributed by atoms with Gasteiger partial charge < -0.3 is 4.90 Å². The van der Waals surface area contributed by atoms with Crippen LogP contribution < -0.4 is 5.48 Å². The zero-order valence-corrected chi connectivity index (χ0v) is 14.5. The highest BCUT2D eigenvalue weighted by Crippen LogP contribution is 2.42. The van der Waals surface area contributed by atoms with Gasteiger partial charge in [0.25, 0.3) is 5.91 Å². The van der Waals surface area contributed by atoms with Crippen LogP contribution in [0.3, 0.4) is 0 Å². The van der Waals surface area contributed by atoms with Crippen molar-refractivity contribution in [3.8, 4) is 0 Å². The maximum atomic E-state index is 13.1. The van der Waals surface area contributed by atoms with Crippen LogP contribution in [0.5, 0.6) is 0 Å². The molecule has 1 aliphatic heterocycles. The molecule has 2 amide bonds. The first-order chi connectivity index (χ1) is 11.4. The third-order valence-corrected chi connectivity index (χ3v) is 5.97. The summed E-state index contributed by atoms with van der Waals surface area (Å²) >= 11 is 0. The van der Waals surface area contributed by atoms with E-state index in [9.17, 15) is 9.59 Å². The van der Waals surface area contributed by atoms with E-state index < -0.39 is 10.8 Å². The van der Waals surface area contributed by atoms with Gasteiger partial charge in [-0.3, -0.25) is 14.8 Å². The van der Waals surface area contributed by atoms with Crippen LogP contribution in [0.1, 0.15) is 50.2 Å². The predicted octanol–water partition coefficient (Wildman–Crippen LogP) is 2.55. The minimum Gasteiger partial charge on any atom is -0.341 e. The zero-order valence-electron chi connectivity index (χ0n) is 14.5. The number of aryl methyl sites for hydroxylation is 1. The van der Waals surface area contributed by atoms with Crippen molar-refractivity contribution in [2.45, 2.75) is 51.4 Å². The molecule has 1 saturated heterocycles. The van der Waals surface area contributed by atoms with Gasteiger partial charge in [0.1, 0.15) is 0 Å². The smallest absolute Gasteiger partial charge is 0.251 e. The molecule has 0 bridgehead atoms. The molecule has 1 saturated carbocycles. The highest BCUT2D eigenvalue weighted by Gasteiger charge is 2.49. The number of amides is 2. The molecule has 0 aromatic heterocycles. The number of hydrogen-bond acceptors (Lipinski definition) is 3. The van der Waals surface area contributed by atoms with Crippen molar-refractivity contribution in [2.24, 2.45) is 5.41 Å². The van der Waals surface area contributed by atoms with E-state index in [1.807, 2.05) is 48.5 Å². The average molecular weight is 330 g/mol. The van der Waals surface area contributed by atoms with Gasteiger partial charge in [-0.25, -0.2) is 5.48 Å². The monoisotopic (exact) mass is 330 g/mol. The number of nitrogens with zero attached hydrogens (tertiary/aromatic N) is 1. The van der Waals surface area contributed by atoms with Crippen LogP contribution >= 0.6 is 0 Å². The van der Waals surface area contributed by atoms with Gasteiger partial charge in [-0.15, -0.1) is 0 Å². The van der Waals surface area contributed by atoms with E-state index >= 15 is 0 Å². The van der Waals surface area contributed by atoms with Gasteiger partial charge in [0, 0.05) is 13.1 Å². The summed E-state index contributed by atoms with van der Waals surface area (Å²) in [5.74, 6) is -0.264. The Bertz CT molecular complexity index is 635. The van der Waals surface area contributed by atoms with Gasteiger partial charge in [0.05, 0.1) is 10.8 Å². The number of likely N-dealkylation sites (tertiary alicyclic amines) is 1. The summed E-state index contributed by atoms with van der Waals surface area (Å²) in [4.78, 5) is 27.1. The van der Waals surface area contributed by atoms with Crippen LogP contribution in [0.15, 0.2) is 24.3 Å². The Labute approximate surface area is 143 Å². The maximum Gasteiger partial charge on any atom is 0.251 e. The summed E-state index contributed by atoms with van der Waals surface area (Å²) in [6, 6.07) is 8.13. The lowest BCUT2D eigenvalue weighted by Crippen LogP contribution is -2.48. The first-order valence-corrected chi connectivity index (χ1v) is 8.72. The number of benzene rings is 1. The highest BCUT2D eigenvalue weighted by molar-refractivity contribution is 5.91. The van der Waals surface area contributed by atoms with Crippen molar-refractivity contribution < 1.29 is 14.8 Å². The fourth-order valence-electron chi connectivity index (χ4n) is 4.25. The normalized spacial score (nSPS) is 26.0. The molecule has 1 heterocycles. The molecule has 5 heteroatoms. The fraction of sp³-hybridized carbons (Fsp3) is 0.579. The second-order valence-corrected chi connectivity index (χ2v) is 7.60. The van der Waals surface area contributed by atoms with Crippen LogP contribution in [0.2, 0.25) is 0 Å². The van der Waals surface area contributed by atoms with Crippen molar-refractivity contribution in [1.29, 1.82) is 0 Å². The minimum absolute atomic E-state index is 0.0865. The van der Waals surface area contributed by atoms with Crippen molar-refractivity contribution in [2.75, 3.05) is 13.1 Å². The highest BCUT2D eigenvalue weighted by atomic mass is 16.5. The number of carbonyl (C=O) groups excluding carboxylic acids is 2. The molecule has 2 N–H and O–H groups in total. The average Bonchev–Trinajstić information content (AvgIpc) is 3.17. The van der Waals surface area contributed by atoms with Gasteiger partial charge in [-0.05, 0) is 38.7 Å². The minimum atomic E-state index is -0.636. The molecule has 1 atom stereocenters. The van der Waals surface area contributed by atoms with Crippen molar-refractivity contribution >= 4 is 11.8 Å². The summed E-state index contributed by atoms with van der Waals surface area (Å²) in [6.07, 6.45) is 4.13. The first-order valence-electron chi connectivity index (χ1n) is 8.72. The quantitative estimate of drug-likeness (QED) is 0.658. The van der Waals surface area contributed by atoms with E-state index in [0.717, 1.165) is 37.7 Å². The van der Waals surface area contributed by atoms with Gasteiger partial charge >= 0.3 is 0 Å². The number of hydrogen-bond donors (Lipinski definition) is 2. The molecule has 130 valence electrons. The van der Waals surface area contributed by atoms with Gasteiger partial charge in [0.2, 0.25) is 5.91 Å². The number of rotatable bonds is 4. The third kappa shape index (κ3) is 2.71. The number of nitrogens with one attached hydrogen (secondary N) is 1. The van der Waals surface area contributed by atoms with E-state index in [1.165, 1.54) is 5.56 Å². The SMILES string of the molecule is Cc1ccc(C2(C)CCN(CC3(C(=O)NO)CCCC3)C2=O)cc1. The van der Waals surface area contributed by atoms with E-state index in [4.69, 9.17) is 5.21 Å². The second kappa shape index (κ2) is 6.20. The Morgan fingerprint density at radius 1 is 1.21 bits per heavy atom. The van der Waals surface area contributed by atoms with Gasteiger partial charge in [0.15, 0.2) is 0 Å². The summed E-state index contributed by atoms with van der Waals surface area (Å²) in [6.45, 7) is 5.09. The standard InChI is InChI=1S/C19H26N2O3/c1-14-5-7-15(8-6-14)18(2)11-12-21(17(18)23)13-19(16(22)20-24)9-3-4-10-19/h5-8,24H,3-4,9-13H2,1-2H3,(H,20,22).